The molecule has 116 valence electrons. The van der Waals surface area contributed by atoms with Crippen LogP contribution in [0.5, 0.6) is 11.5 Å². The number of carboxylic acids is 1. The van der Waals surface area contributed by atoms with Crippen molar-refractivity contribution in [3.63, 3.8) is 0 Å². The summed E-state index contributed by atoms with van der Waals surface area (Å²) < 4.78 is 71.0. The van der Waals surface area contributed by atoms with Crippen LogP contribution in [-0.2, 0) is 4.79 Å². The van der Waals surface area contributed by atoms with Crippen LogP contribution in [0.1, 0.15) is 0 Å². The fourth-order valence-corrected chi connectivity index (χ4v) is 1.62. The van der Waals surface area contributed by atoms with Gasteiger partial charge in [-0.3, -0.25) is 4.79 Å². The predicted octanol–water partition coefficient (Wildman–Crippen LogP) is 2.68. The molecule has 1 aliphatic heterocycles. The monoisotopic (exact) mass is 313 g/mol. The van der Waals surface area contributed by atoms with E-state index >= 15 is 0 Å². The fraction of sp³-hybridized carbons (Fsp3) is 0.364. The van der Waals surface area contributed by atoms with E-state index in [1.54, 1.807) is 0 Å². The van der Waals surface area contributed by atoms with Crippen molar-refractivity contribution >= 4 is 11.7 Å². The van der Waals surface area contributed by atoms with E-state index in [0.717, 1.165) is 12.1 Å². The van der Waals surface area contributed by atoms with E-state index in [1.165, 1.54) is 6.07 Å². The topological polar surface area (TPSA) is 67.8 Å². The highest BCUT2D eigenvalue weighted by molar-refractivity contribution is 5.72. The summed E-state index contributed by atoms with van der Waals surface area (Å²) in [5.41, 5.74) is -0.00875. The maximum atomic E-state index is 12.8. The number of aliphatic carboxylic acids is 1. The molecule has 0 saturated heterocycles. The molecular weight excluding hydrogens is 305 g/mol. The number of hydrogen-bond acceptors (Lipinski definition) is 4. The minimum absolute atomic E-state index is 0.00875. The molecular formula is C11H8F5NO4. The van der Waals surface area contributed by atoms with Gasteiger partial charge < -0.3 is 19.9 Å². The molecule has 21 heavy (non-hydrogen) atoms. The summed E-state index contributed by atoms with van der Waals surface area (Å²) in [6.45, 7) is -0.950. The van der Waals surface area contributed by atoms with E-state index in [1.807, 2.05) is 0 Å². The van der Waals surface area contributed by atoms with Crippen LogP contribution in [-0.4, -0.2) is 30.1 Å². The molecule has 2 rings (SSSR count). The second kappa shape index (κ2) is 4.93. The Morgan fingerprint density at radius 3 is 2.48 bits per heavy atom. The number of carboxylic acid groups (broad SMARTS) is 1. The first kappa shape index (κ1) is 15.1. The number of nitrogens with one attached hydrogen (secondary N) is 1. The van der Waals surface area contributed by atoms with E-state index in [9.17, 15) is 26.7 Å². The molecule has 1 heterocycles. The van der Waals surface area contributed by atoms with E-state index in [4.69, 9.17) is 5.11 Å². The third kappa shape index (κ3) is 3.44. The maximum Gasteiger partial charge on any atom is 0.586 e. The van der Waals surface area contributed by atoms with Crippen LogP contribution >= 0.6 is 0 Å². The molecule has 0 amide bonds. The molecule has 0 saturated carbocycles. The first-order chi connectivity index (χ1) is 9.58. The minimum Gasteiger partial charge on any atom is -0.481 e. The molecule has 0 fully saturated rings. The van der Waals surface area contributed by atoms with Gasteiger partial charge in [-0.25, -0.2) is 0 Å². The predicted molar refractivity (Wildman–Crippen MR) is 58.3 cm³/mol. The summed E-state index contributed by atoms with van der Waals surface area (Å²) in [6.07, 6.45) is -8.77. The number of fused-ring (bicyclic) bond motifs is 1. The number of halogens is 5. The van der Waals surface area contributed by atoms with E-state index in [2.05, 4.69) is 14.8 Å². The molecule has 0 radical (unpaired) electrons. The highest BCUT2D eigenvalue weighted by Gasteiger charge is 2.45. The highest BCUT2D eigenvalue weighted by Crippen LogP contribution is 2.42. The van der Waals surface area contributed by atoms with Crippen LogP contribution in [0.25, 0.3) is 0 Å². The minimum atomic E-state index is -4.93. The second-order valence-corrected chi connectivity index (χ2v) is 4.14. The van der Waals surface area contributed by atoms with Crippen LogP contribution in [0.15, 0.2) is 18.2 Å². The molecule has 1 atom stereocenters. The van der Waals surface area contributed by atoms with Crippen molar-refractivity contribution < 1.29 is 41.3 Å². The van der Waals surface area contributed by atoms with Gasteiger partial charge in [0.25, 0.3) is 0 Å². The summed E-state index contributed by atoms with van der Waals surface area (Å²) in [4.78, 5) is 10.5. The molecule has 0 spiro atoms. The van der Waals surface area contributed by atoms with Crippen LogP contribution < -0.4 is 14.8 Å². The van der Waals surface area contributed by atoms with Gasteiger partial charge in [-0.2, -0.15) is 13.2 Å². The summed E-state index contributed by atoms with van der Waals surface area (Å²) in [5, 5.41) is 10.7. The standard InChI is InChI=1S/C11H8F5NO4/c12-10(13,14)6(9(18)19)4-17-5-1-2-7-8(3-5)21-11(15,16)20-7/h1-3,6,17H,4H2,(H,18,19). The Bertz CT molecular complexity index is 560. The van der Waals surface area contributed by atoms with Crippen molar-refractivity contribution in [2.24, 2.45) is 5.92 Å². The lowest BCUT2D eigenvalue weighted by Gasteiger charge is -2.17. The summed E-state index contributed by atoms with van der Waals surface area (Å²) in [7, 11) is 0. The Balaban J connectivity index is 2.07. The largest absolute Gasteiger partial charge is 0.586 e. The first-order valence-corrected chi connectivity index (χ1v) is 5.52. The number of ether oxygens (including phenoxy) is 2. The third-order valence-corrected chi connectivity index (χ3v) is 2.60. The molecule has 1 aromatic rings. The smallest absolute Gasteiger partial charge is 0.481 e. The molecule has 5 nitrogen and oxygen atoms in total. The summed E-state index contributed by atoms with van der Waals surface area (Å²) in [6, 6.07) is 3.23. The fourth-order valence-electron chi connectivity index (χ4n) is 1.62. The lowest BCUT2D eigenvalue weighted by molar-refractivity contribution is -0.286. The molecule has 0 aromatic heterocycles. The zero-order valence-corrected chi connectivity index (χ0v) is 10.1. The lowest BCUT2D eigenvalue weighted by Crippen LogP contribution is -2.36. The molecule has 1 unspecified atom stereocenters. The molecule has 1 aliphatic rings. The number of anilines is 1. The first-order valence-electron chi connectivity index (χ1n) is 5.52. The Hall–Kier alpha value is -2.26. The van der Waals surface area contributed by atoms with Crippen molar-refractivity contribution in [1.29, 1.82) is 0 Å². The van der Waals surface area contributed by atoms with E-state index < -0.39 is 30.9 Å². The van der Waals surface area contributed by atoms with Crippen LogP contribution in [0.3, 0.4) is 0 Å². The number of hydrogen-bond donors (Lipinski definition) is 2. The van der Waals surface area contributed by atoms with Gasteiger partial charge in [-0.05, 0) is 12.1 Å². The molecule has 2 N–H and O–H groups in total. The van der Waals surface area contributed by atoms with Gasteiger partial charge in [0.05, 0.1) is 0 Å². The lowest BCUT2D eigenvalue weighted by atomic mass is 10.1. The number of benzene rings is 1. The van der Waals surface area contributed by atoms with Gasteiger partial charge in [0.2, 0.25) is 0 Å². The molecule has 10 heteroatoms. The average Bonchev–Trinajstić information content (AvgIpc) is 2.60. The zero-order chi connectivity index (χ0) is 15.8. The van der Waals surface area contributed by atoms with Crippen molar-refractivity contribution in [2.75, 3.05) is 11.9 Å². The van der Waals surface area contributed by atoms with Gasteiger partial charge in [0.15, 0.2) is 17.4 Å². The molecule has 1 aromatic carbocycles. The molecule has 0 aliphatic carbocycles. The quantitative estimate of drug-likeness (QED) is 0.837. The van der Waals surface area contributed by atoms with Gasteiger partial charge in [-0.1, -0.05) is 0 Å². The Labute approximate surface area is 114 Å². The second-order valence-electron chi connectivity index (χ2n) is 4.14. The number of rotatable bonds is 4. The maximum absolute atomic E-state index is 12.8. The number of carbonyl (C=O) groups is 1. The van der Waals surface area contributed by atoms with Crippen molar-refractivity contribution in [3.8, 4) is 11.5 Å². The van der Waals surface area contributed by atoms with Gasteiger partial charge >= 0.3 is 18.4 Å². The van der Waals surface area contributed by atoms with Gasteiger partial charge in [0, 0.05) is 18.3 Å². The Morgan fingerprint density at radius 1 is 1.29 bits per heavy atom. The SMILES string of the molecule is O=C(O)C(CNc1ccc2c(c1)OC(F)(F)O2)C(F)(F)F. The van der Waals surface area contributed by atoms with Gasteiger partial charge in [0.1, 0.15) is 0 Å². The summed E-state index contributed by atoms with van der Waals surface area (Å²) >= 11 is 0. The van der Waals surface area contributed by atoms with E-state index in [-0.39, 0.29) is 17.2 Å². The van der Waals surface area contributed by atoms with Crippen LogP contribution in [0.4, 0.5) is 27.6 Å². The highest BCUT2D eigenvalue weighted by atomic mass is 19.4. The van der Waals surface area contributed by atoms with Crippen molar-refractivity contribution in [3.05, 3.63) is 18.2 Å². The average molecular weight is 313 g/mol. The van der Waals surface area contributed by atoms with Crippen molar-refractivity contribution in [2.45, 2.75) is 12.5 Å². The molecule has 0 bridgehead atoms. The van der Waals surface area contributed by atoms with Crippen LogP contribution in [0.2, 0.25) is 0 Å². The number of alkyl halides is 5. The zero-order valence-electron chi connectivity index (χ0n) is 10.1. The van der Waals surface area contributed by atoms with E-state index in [0.29, 0.717) is 0 Å². The van der Waals surface area contributed by atoms with Gasteiger partial charge in [-0.15, -0.1) is 8.78 Å². The van der Waals surface area contributed by atoms with Crippen molar-refractivity contribution in [1.82, 2.24) is 0 Å². The van der Waals surface area contributed by atoms with Crippen LogP contribution in [0, 0.1) is 5.92 Å². The summed E-state index contributed by atoms with van der Waals surface area (Å²) in [5.74, 6) is -5.29. The normalized spacial score (nSPS) is 17.4. The third-order valence-electron chi connectivity index (χ3n) is 2.60. The Kier molecular flexibility index (Phi) is 3.56. The Morgan fingerprint density at radius 2 is 1.90 bits per heavy atom.